The number of aliphatic hydroxyl groups excluding tert-OH is 1. The van der Waals surface area contributed by atoms with E-state index in [-0.39, 0.29) is 18.6 Å². The summed E-state index contributed by atoms with van der Waals surface area (Å²) >= 11 is 1.43. The Morgan fingerprint density at radius 3 is 3.00 bits per heavy atom. The molecule has 104 valence electrons. The second-order valence-electron chi connectivity index (χ2n) is 5.02. The largest absolute Gasteiger partial charge is 0.395 e. The zero-order valence-electron chi connectivity index (χ0n) is 10.7. The lowest BCUT2D eigenvalue weighted by Crippen LogP contribution is -2.35. The Morgan fingerprint density at radius 2 is 2.37 bits per heavy atom. The van der Waals surface area contributed by atoms with Crippen molar-refractivity contribution in [3.05, 3.63) is 16.1 Å². The van der Waals surface area contributed by atoms with Gasteiger partial charge in [-0.1, -0.05) is 0 Å². The van der Waals surface area contributed by atoms with E-state index in [0.29, 0.717) is 17.5 Å². The first-order valence-corrected chi connectivity index (χ1v) is 7.60. The van der Waals surface area contributed by atoms with E-state index in [2.05, 4.69) is 4.98 Å². The molecule has 2 fully saturated rings. The molecule has 1 N–H and O–H groups in total. The molecule has 1 amide bonds. The number of ether oxygens (including phenoxy) is 1. The van der Waals surface area contributed by atoms with Crippen molar-refractivity contribution in [1.29, 1.82) is 0 Å². The third-order valence-electron chi connectivity index (χ3n) is 3.53. The number of rotatable bonds is 5. The quantitative estimate of drug-likeness (QED) is 0.891. The monoisotopic (exact) mass is 282 g/mol. The predicted octanol–water partition coefficient (Wildman–Crippen LogP) is 1.59. The fourth-order valence-electron chi connectivity index (χ4n) is 2.39. The molecule has 2 heterocycles. The summed E-state index contributed by atoms with van der Waals surface area (Å²) in [4.78, 5) is 19.1. The number of aromatic nitrogens is 1. The van der Waals surface area contributed by atoms with Gasteiger partial charge in [0.05, 0.1) is 12.8 Å². The summed E-state index contributed by atoms with van der Waals surface area (Å²) in [6.07, 6.45) is 5.86. The number of aliphatic hydroxyl groups is 1. The molecule has 1 aromatic heterocycles. The molecule has 1 saturated carbocycles. The molecule has 6 heteroatoms. The van der Waals surface area contributed by atoms with Gasteiger partial charge in [-0.05, 0) is 25.7 Å². The average Bonchev–Trinajstić information content (AvgIpc) is 2.95. The highest BCUT2D eigenvalue weighted by molar-refractivity contribution is 7.13. The lowest BCUT2D eigenvalue weighted by atomic mass is 10.2. The van der Waals surface area contributed by atoms with Crippen LogP contribution in [0.3, 0.4) is 0 Å². The molecule has 5 nitrogen and oxygen atoms in total. The molecule has 0 radical (unpaired) electrons. The summed E-state index contributed by atoms with van der Waals surface area (Å²) < 4.78 is 5.58. The zero-order valence-corrected chi connectivity index (χ0v) is 11.6. The van der Waals surface area contributed by atoms with Crippen molar-refractivity contribution < 1.29 is 14.6 Å². The van der Waals surface area contributed by atoms with Gasteiger partial charge in [-0.25, -0.2) is 4.98 Å². The Morgan fingerprint density at radius 1 is 1.53 bits per heavy atom. The number of carbonyl (C=O) groups is 1. The third kappa shape index (κ3) is 2.80. The van der Waals surface area contributed by atoms with Gasteiger partial charge in [0.25, 0.3) is 5.91 Å². The van der Waals surface area contributed by atoms with Gasteiger partial charge in [0.1, 0.15) is 16.0 Å². The molecular formula is C13H18N2O3S. The maximum Gasteiger partial charge on any atom is 0.265 e. The van der Waals surface area contributed by atoms with Crippen LogP contribution >= 0.6 is 11.3 Å². The van der Waals surface area contributed by atoms with E-state index in [0.717, 1.165) is 37.3 Å². The lowest BCUT2D eigenvalue weighted by Gasteiger charge is -2.20. The van der Waals surface area contributed by atoms with Crippen molar-refractivity contribution in [3.8, 4) is 0 Å². The average molecular weight is 282 g/mol. The summed E-state index contributed by atoms with van der Waals surface area (Å²) in [5.41, 5.74) is 0. The topological polar surface area (TPSA) is 62.7 Å². The fourth-order valence-corrected chi connectivity index (χ4v) is 3.35. The SMILES string of the molecule is O=C(c1cnc(C2CCCO2)s1)N(CCO)C1CC1. The van der Waals surface area contributed by atoms with Gasteiger partial charge >= 0.3 is 0 Å². The molecule has 1 aromatic rings. The second-order valence-corrected chi connectivity index (χ2v) is 6.08. The molecule has 1 aliphatic carbocycles. The fraction of sp³-hybridized carbons (Fsp3) is 0.692. The van der Waals surface area contributed by atoms with Gasteiger partial charge in [-0.2, -0.15) is 0 Å². The zero-order chi connectivity index (χ0) is 13.2. The van der Waals surface area contributed by atoms with Crippen LogP contribution in [0.5, 0.6) is 0 Å². The Balaban J connectivity index is 1.71. The Hall–Kier alpha value is -0.980. The van der Waals surface area contributed by atoms with E-state index in [1.54, 1.807) is 11.1 Å². The summed E-state index contributed by atoms with van der Waals surface area (Å²) in [6.45, 7) is 1.21. The van der Waals surface area contributed by atoms with Crippen LogP contribution in [-0.4, -0.2) is 46.7 Å². The van der Waals surface area contributed by atoms with E-state index in [4.69, 9.17) is 9.84 Å². The highest BCUT2D eigenvalue weighted by Crippen LogP contribution is 2.33. The molecule has 3 rings (SSSR count). The van der Waals surface area contributed by atoms with Gasteiger partial charge in [0.15, 0.2) is 0 Å². The smallest absolute Gasteiger partial charge is 0.265 e. The molecule has 2 aliphatic rings. The molecule has 1 aliphatic heterocycles. The summed E-state index contributed by atoms with van der Waals surface area (Å²) in [6, 6.07) is 0.313. The summed E-state index contributed by atoms with van der Waals surface area (Å²) in [7, 11) is 0. The molecule has 0 aromatic carbocycles. The van der Waals surface area contributed by atoms with Crippen LogP contribution in [0, 0.1) is 0 Å². The maximum absolute atomic E-state index is 12.4. The minimum absolute atomic E-state index is 0.00158. The van der Waals surface area contributed by atoms with Crippen molar-refractivity contribution >= 4 is 17.2 Å². The number of amides is 1. The van der Waals surface area contributed by atoms with E-state index in [1.807, 2.05) is 0 Å². The van der Waals surface area contributed by atoms with E-state index in [1.165, 1.54) is 11.3 Å². The van der Waals surface area contributed by atoms with Gasteiger partial charge in [-0.3, -0.25) is 4.79 Å². The van der Waals surface area contributed by atoms with Crippen molar-refractivity contribution in [2.45, 2.75) is 37.8 Å². The van der Waals surface area contributed by atoms with Gasteiger partial charge in [0.2, 0.25) is 0 Å². The van der Waals surface area contributed by atoms with Crippen LogP contribution < -0.4 is 0 Å². The number of hydrogen-bond acceptors (Lipinski definition) is 5. The number of thiazole rings is 1. The highest BCUT2D eigenvalue weighted by atomic mass is 32.1. The Bertz CT molecular complexity index is 452. The minimum Gasteiger partial charge on any atom is -0.395 e. The first kappa shape index (κ1) is 13.0. The summed E-state index contributed by atoms with van der Waals surface area (Å²) in [5.74, 6) is -0.00158. The van der Waals surface area contributed by atoms with E-state index < -0.39 is 0 Å². The Labute approximate surface area is 116 Å². The standard InChI is InChI=1S/C13H18N2O3S/c16-6-5-15(9-3-4-9)13(17)11-8-14-12(19-11)10-2-1-7-18-10/h8-10,16H,1-7H2. The first-order valence-electron chi connectivity index (χ1n) is 6.78. The molecule has 1 saturated heterocycles. The highest BCUT2D eigenvalue weighted by Gasteiger charge is 2.33. The number of nitrogens with zero attached hydrogens (tertiary/aromatic N) is 2. The molecule has 1 atom stereocenters. The van der Waals surface area contributed by atoms with Crippen molar-refractivity contribution in [2.24, 2.45) is 0 Å². The van der Waals surface area contributed by atoms with Crippen molar-refractivity contribution in [2.75, 3.05) is 19.8 Å². The van der Waals surface area contributed by atoms with Crippen LogP contribution in [-0.2, 0) is 4.74 Å². The Kier molecular flexibility index (Phi) is 3.81. The van der Waals surface area contributed by atoms with Crippen molar-refractivity contribution in [1.82, 2.24) is 9.88 Å². The van der Waals surface area contributed by atoms with E-state index in [9.17, 15) is 4.79 Å². The minimum atomic E-state index is -0.00158. The lowest BCUT2D eigenvalue weighted by molar-refractivity contribution is 0.0712. The van der Waals surface area contributed by atoms with Crippen LogP contribution in [0.15, 0.2) is 6.20 Å². The van der Waals surface area contributed by atoms with Gasteiger partial charge in [-0.15, -0.1) is 11.3 Å². The molecule has 0 bridgehead atoms. The molecule has 1 unspecified atom stereocenters. The maximum atomic E-state index is 12.4. The second kappa shape index (κ2) is 5.56. The number of hydrogen-bond donors (Lipinski definition) is 1. The van der Waals surface area contributed by atoms with Crippen molar-refractivity contribution in [3.63, 3.8) is 0 Å². The molecule has 0 spiro atoms. The van der Waals surface area contributed by atoms with Crippen LogP contribution in [0.4, 0.5) is 0 Å². The van der Waals surface area contributed by atoms with Gasteiger partial charge in [0, 0.05) is 19.2 Å². The van der Waals surface area contributed by atoms with E-state index >= 15 is 0 Å². The first-order chi connectivity index (χ1) is 9.29. The van der Waals surface area contributed by atoms with Gasteiger partial charge < -0.3 is 14.7 Å². The van der Waals surface area contributed by atoms with Crippen LogP contribution in [0.2, 0.25) is 0 Å². The predicted molar refractivity (Wildman–Crippen MR) is 71.2 cm³/mol. The normalized spacial score (nSPS) is 22.7. The summed E-state index contributed by atoms with van der Waals surface area (Å²) in [5, 5.41) is 9.96. The molecular weight excluding hydrogens is 264 g/mol. The number of carbonyl (C=O) groups excluding carboxylic acids is 1. The third-order valence-corrected chi connectivity index (χ3v) is 4.61. The molecule has 19 heavy (non-hydrogen) atoms. The van der Waals surface area contributed by atoms with Crippen LogP contribution in [0.25, 0.3) is 0 Å². The van der Waals surface area contributed by atoms with Crippen LogP contribution in [0.1, 0.15) is 46.5 Å².